The van der Waals surface area contributed by atoms with Gasteiger partial charge in [-0.05, 0) is 141 Å². The molecule has 83 heavy (non-hydrogen) atoms. The van der Waals surface area contributed by atoms with E-state index in [1.54, 1.807) is 0 Å². The van der Waals surface area contributed by atoms with Crippen molar-refractivity contribution in [1.82, 2.24) is 14.1 Å². The third-order valence-corrected chi connectivity index (χ3v) is 17.6. The van der Waals surface area contributed by atoms with Gasteiger partial charge in [-0.25, -0.2) is 4.98 Å². The van der Waals surface area contributed by atoms with Crippen molar-refractivity contribution in [3.63, 3.8) is 0 Å². The molecule has 17 rings (SSSR count). The smallest absolute Gasteiger partial charge is 0.268 e. The molecule has 0 radical (unpaired) electrons. The minimum absolute atomic E-state index is 0. The Kier molecular flexibility index (Phi) is 10.9. The SMILES string of the molecule is CC(C)(C)c1ccnc(-n2c3[c-]c(Oc4[c-]c(-n5[c-][n+]6c7c(cccc75)-c5ccccc5-c5c(-c7ccc8c(c7)-c7ccccc7C87c8ccccc8-c8ccccc87)cccc5-c5ccccc5-6)ccc4)ccc3c3ccccc32)c1.[Pt]. The van der Waals surface area contributed by atoms with Crippen LogP contribution < -0.4 is 9.30 Å². The summed E-state index contributed by atoms with van der Waals surface area (Å²) in [7, 11) is 0. The van der Waals surface area contributed by atoms with E-state index in [4.69, 9.17) is 9.72 Å². The van der Waals surface area contributed by atoms with Crippen LogP contribution in [0.3, 0.4) is 0 Å². The summed E-state index contributed by atoms with van der Waals surface area (Å²) in [6.07, 6.45) is 5.79. The Morgan fingerprint density at radius 3 is 1.82 bits per heavy atom. The van der Waals surface area contributed by atoms with Crippen molar-refractivity contribution in [1.29, 1.82) is 0 Å². The number of fused-ring (bicyclic) bond motifs is 20. The van der Waals surface area contributed by atoms with Crippen LogP contribution in [0.25, 0.3) is 117 Å². The van der Waals surface area contributed by atoms with Crippen molar-refractivity contribution in [2.24, 2.45) is 0 Å². The molecule has 1 aliphatic heterocycles. The maximum absolute atomic E-state index is 6.76. The maximum atomic E-state index is 6.76. The van der Waals surface area contributed by atoms with Crippen LogP contribution in [0.4, 0.5) is 0 Å². The molecule has 2 aliphatic carbocycles. The fraction of sp³-hybridized carbons (Fsp3) is 0.0649. The number of nitrogens with zero attached hydrogens (tertiary/aromatic N) is 4. The number of pyridine rings is 1. The van der Waals surface area contributed by atoms with E-state index in [-0.39, 0.29) is 26.5 Å². The van der Waals surface area contributed by atoms with Crippen LogP contribution in [0.15, 0.2) is 249 Å². The molecule has 3 aliphatic rings. The second kappa shape index (κ2) is 18.4. The molecule has 1 spiro atoms. The van der Waals surface area contributed by atoms with Gasteiger partial charge < -0.3 is 13.9 Å². The zero-order chi connectivity index (χ0) is 54.4. The Balaban J connectivity index is 0.00000565. The molecule has 0 N–H and O–H groups in total. The molecule has 396 valence electrons. The van der Waals surface area contributed by atoms with Crippen LogP contribution in [0, 0.1) is 18.5 Å². The Morgan fingerprint density at radius 1 is 0.458 bits per heavy atom. The summed E-state index contributed by atoms with van der Waals surface area (Å²) < 4.78 is 13.3. The van der Waals surface area contributed by atoms with Gasteiger partial charge in [0.1, 0.15) is 5.82 Å². The van der Waals surface area contributed by atoms with Gasteiger partial charge >= 0.3 is 0 Å². The van der Waals surface area contributed by atoms with Crippen LogP contribution in [0.5, 0.6) is 11.5 Å². The number of hydrogen-bond donors (Lipinski definition) is 0. The van der Waals surface area contributed by atoms with E-state index in [0.29, 0.717) is 11.5 Å². The van der Waals surface area contributed by atoms with Crippen LogP contribution in [-0.4, -0.2) is 14.1 Å². The summed E-state index contributed by atoms with van der Waals surface area (Å²) in [5, 5.41) is 2.21. The van der Waals surface area contributed by atoms with Gasteiger partial charge in [0.15, 0.2) is 0 Å². The third kappa shape index (κ3) is 7.11. The predicted molar refractivity (Wildman–Crippen MR) is 330 cm³/mol. The van der Waals surface area contributed by atoms with Crippen molar-refractivity contribution in [3.8, 4) is 95.5 Å². The van der Waals surface area contributed by atoms with Gasteiger partial charge in [0.05, 0.1) is 22.1 Å². The fourth-order valence-corrected chi connectivity index (χ4v) is 14.1. The number of ether oxygens (including phenoxy) is 1. The predicted octanol–water partition coefficient (Wildman–Crippen LogP) is 18.2. The fourth-order valence-electron chi connectivity index (χ4n) is 14.1. The van der Waals surface area contributed by atoms with Crippen LogP contribution >= 0.6 is 0 Å². The van der Waals surface area contributed by atoms with E-state index in [2.05, 4.69) is 277 Å². The number of hydrogen-bond acceptors (Lipinski definition) is 2. The summed E-state index contributed by atoms with van der Waals surface area (Å²) in [5.74, 6) is 2.00. The topological polar surface area (TPSA) is 35.9 Å². The molecular weight excluding hydrogens is 1190 g/mol. The summed E-state index contributed by atoms with van der Waals surface area (Å²) in [5.41, 5.74) is 26.4. The van der Waals surface area contributed by atoms with Crippen molar-refractivity contribution in [3.05, 3.63) is 295 Å². The first-order valence-corrected chi connectivity index (χ1v) is 28.2. The van der Waals surface area contributed by atoms with Gasteiger partial charge in [0.25, 0.3) is 6.33 Å². The minimum atomic E-state index is -0.410. The van der Waals surface area contributed by atoms with E-state index in [1.807, 2.05) is 24.4 Å². The van der Waals surface area contributed by atoms with Gasteiger partial charge in [0.2, 0.25) is 0 Å². The number of benzene rings is 11. The second-order valence-electron chi connectivity index (χ2n) is 23.0. The molecule has 0 bridgehead atoms. The minimum Gasteiger partial charge on any atom is -0.510 e. The summed E-state index contributed by atoms with van der Waals surface area (Å²) in [4.78, 5) is 4.90. The summed E-state index contributed by atoms with van der Waals surface area (Å²) in [6, 6.07) is 95.9. The van der Waals surface area contributed by atoms with Gasteiger partial charge in [-0.1, -0.05) is 208 Å². The quantitative estimate of drug-likeness (QED) is 0.127. The Hall–Kier alpha value is -9.67. The first kappa shape index (κ1) is 49.2. The zero-order valence-electron chi connectivity index (χ0n) is 45.7. The monoisotopic (exact) mass is 1240 g/mol. The zero-order valence-corrected chi connectivity index (χ0v) is 48.0. The van der Waals surface area contributed by atoms with Crippen molar-refractivity contribution < 1.29 is 30.4 Å². The first-order chi connectivity index (χ1) is 40.3. The molecular formula is C77H50N4OPt-2. The Bertz CT molecular complexity index is 4990. The largest absolute Gasteiger partial charge is 0.510 e. The van der Waals surface area contributed by atoms with Gasteiger partial charge in [-0.3, -0.25) is 4.57 Å². The van der Waals surface area contributed by atoms with E-state index >= 15 is 0 Å². The molecule has 0 amide bonds. The second-order valence-corrected chi connectivity index (χ2v) is 23.0. The van der Waals surface area contributed by atoms with E-state index < -0.39 is 5.41 Å². The van der Waals surface area contributed by atoms with E-state index in [9.17, 15) is 0 Å². The third-order valence-electron chi connectivity index (χ3n) is 17.6. The first-order valence-electron chi connectivity index (χ1n) is 28.2. The molecule has 0 unspecified atom stereocenters. The summed E-state index contributed by atoms with van der Waals surface area (Å²) in [6.45, 7) is 6.69. The number of para-hydroxylation sites is 3. The van der Waals surface area contributed by atoms with Crippen LogP contribution in [-0.2, 0) is 31.9 Å². The number of aromatic nitrogens is 4. The normalized spacial score (nSPS) is 13.0. The maximum Gasteiger partial charge on any atom is 0.268 e. The Morgan fingerprint density at radius 2 is 1.05 bits per heavy atom. The van der Waals surface area contributed by atoms with Crippen molar-refractivity contribution in [2.45, 2.75) is 31.6 Å². The van der Waals surface area contributed by atoms with Gasteiger partial charge in [0, 0.05) is 44.3 Å². The molecule has 0 atom stereocenters. The van der Waals surface area contributed by atoms with E-state index in [0.717, 1.165) is 72.3 Å². The molecule has 0 saturated heterocycles. The van der Waals surface area contributed by atoms with Crippen LogP contribution in [0.1, 0.15) is 48.6 Å². The van der Waals surface area contributed by atoms with Crippen molar-refractivity contribution >= 4 is 32.8 Å². The molecule has 0 fully saturated rings. The average molecular weight is 1240 g/mol. The summed E-state index contributed by atoms with van der Waals surface area (Å²) >= 11 is 0. The molecule has 4 heterocycles. The van der Waals surface area contributed by atoms with E-state index in [1.165, 1.54) is 72.3 Å². The Labute approximate surface area is 496 Å². The molecule has 14 aromatic rings. The molecule has 6 heteroatoms. The molecule has 5 nitrogen and oxygen atoms in total. The average Bonchev–Trinajstić information content (AvgIpc) is 2.33. The number of imidazole rings is 1. The molecule has 0 saturated carbocycles. The van der Waals surface area contributed by atoms with Crippen molar-refractivity contribution in [2.75, 3.05) is 0 Å². The molecule has 3 aromatic heterocycles. The standard InChI is InChI=1S/C77H50N4O.Pt/c1-76(2,3)49-41-42-78-73(44-49)81-70-35-15-10-25-58(70)60-39-38-52(46-72(60)81)82-51-20-16-19-50(45-51)79-47-80-69-34-14-9-26-59(69)62-29-17-28-53(74(62)61-27-5-4-21-54(61)63-30-18-36-71(79)75(63)80)48-37-40-68-64(43-48)57-24-8-13-33-67(57)77(68)65-31-11-6-22-55(65)56-23-7-12-32-66(56)77;/h4-44H,1-3H3;/q-2;. The molecule has 11 aromatic carbocycles. The number of rotatable bonds is 5. The van der Waals surface area contributed by atoms with Gasteiger partial charge in [-0.2, -0.15) is 18.2 Å². The van der Waals surface area contributed by atoms with Gasteiger partial charge in [-0.15, -0.1) is 29.7 Å². The van der Waals surface area contributed by atoms with Crippen LogP contribution in [0.2, 0.25) is 0 Å².